The Labute approximate surface area is 139 Å². The van der Waals surface area contributed by atoms with Gasteiger partial charge in [-0.1, -0.05) is 23.9 Å². The molecule has 8 heteroatoms. The zero-order valence-corrected chi connectivity index (χ0v) is 13.8. The normalized spacial score (nSPS) is 14.2. The van der Waals surface area contributed by atoms with E-state index in [-0.39, 0.29) is 5.91 Å². The van der Waals surface area contributed by atoms with Gasteiger partial charge in [-0.05, 0) is 35.4 Å². The van der Waals surface area contributed by atoms with Crippen molar-refractivity contribution in [2.24, 2.45) is 0 Å². The highest BCUT2D eigenvalue weighted by atomic mass is 32.2. The van der Waals surface area contributed by atoms with Crippen LogP contribution in [0.3, 0.4) is 0 Å². The number of ether oxygens (including phenoxy) is 1. The minimum absolute atomic E-state index is 0.214. The topological polar surface area (TPSA) is 73.1 Å². The van der Waals surface area contributed by atoms with E-state index in [0.29, 0.717) is 23.1 Å². The second-order valence-corrected chi connectivity index (χ2v) is 6.29. The molecule has 1 aliphatic rings. The minimum Gasteiger partial charge on any atom is -0.494 e. The number of carbonyl (C=O) groups excluding carboxylic acids is 1. The van der Waals surface area contributed by atoms with E-state index in [4.69, 9.17) is 4.74 Å². The average molecular weight is 333 g/mol. The second kappa shape index (κ2) is 7.45. The quantitative estimate of drug-likeness (QED) is 0.750. The molecule has 1 amide bonds. The predicted molar refractivity (Wildman–Crippen MR) is 86.9 cm³/mol. The molecule has 7 nitrogen and oxygen atoms in total. The van der Waals surface area contributed by atoms with Crippen LogP contribution in [0.4, 0.5) is 0 Å². The van der Waals surface area contributed by atoms with Crippen molar-refractivity contribution < 1.29 is 9.53 Å². The average Bonchev–Trinajstić information content (AvgIpc) is 3.26. The van der Waals surface area contributed by atoms with Crippen LogP contribution in [0.2, 0.25) is 0 Å². The molecule has 1 saturated heterocycles. The molecule has 0 bridgehead atoms. The highest BCUT2D eigenvalue weighted by Crippen LogP contribution is 2.26. The maximum atomic E-state index is 12.1. The molecule has 1 fully saturated rings. The van der Waals surface area contributed by atoms with Gasteiger partial charge in [0.2, 0.25) is 11.1 Å². The fourth-order valence-electron chi connectivity index (χ4n) is 2.58. The number of hydrogen-bond acceptors (Lipinski definition) is 6. The first kappa shape index (κ1) is 15.8. The van der Waals surface area contributed by atoms with Crippen molar-refractivity contribution in [3.63, 3.8) is 0 Å². The summed E-state index contributed by atoms with van der Waals surface area (Å²) in [5.41, 5.74) is 0.786. The number of methoxy groups -OCH3 is 1. The SMILES string of the molecule is COc1ccccc1-n1nnnc1SCCC(=O)N1CCCC1. The van der Waals surface area contributed by atoms with Gasteiger partial charge in [-0.25, -0.2) is 0 Å². The highest BCUT2D eigenvalue weighted by Gasteiger charge is 2.18. The van der Waals surface area contributed by atoms with Gasteiger partial charge in [-0.2, -0.15) is 4.68 Å². The van der Waals surface area contributed by atoms with E-state index in [1.807, 2.05) is 29.2 Å². The van der Waals surface area contributed by atoms with Crippen LogP contribution in [0.5, 0.6) is 5.75 Å². The number of rotatable bonds is 6. The van der Waals surface area contributed by atoms with Crippen LogP contribution in [-0.4, -0.2) is 57.0 Å². The monoisotopic (exact) mass is 333 g/mol. The van der Waals surface area contributed by atoms with Gasteiger partial charge in [0.1, 0.15) is 11.4 Å². The van der Waals surface area contributed by atoms with Crippen molar-refractivity contribution >= 4 is 17.7 Å². The van der Waals surface area contributed by atoms with E-state index in [2.05, 4.69) is 15.5 Å². The van der Waals surface area contributed by atoms with E-state index in [1.165, 1.54) is 11.8 Å². The molecule has 3 rings (SSSR count). The first-order valence-corrected chi connectivity index (χ1v) is 8.60. The van der Waals surface area contributed by atoms with E-state index in [9.17, 15) is 4.79 Å². The second-order valence-electron chi connectivity index (χ2n) is 5.23. The summed E-state index contributed by atoms with van der Waals surface area (Å²) in [6.45, 7) is 1.78. The summed E-state index contributed by atoms with van der Waals surface area (Å²) in [4.78, 5) is 14.0. The van der Waals surface area contributed by atoms with Gasteiger partial charge in [0.25, 0.3) is 0 Å². The Bertz CT molecular complexity index is 669. The van der Waals surface area contributed by atoms with Crippen LogP contribution in [0, 0.1) is 0 Å². The number of aromatic nitrogens is 4. The third-order valence-electron chi connectivity index (χ3n) is 3.76. The molecule has 2 aromatic rings. The lowest BCUT2D eigenvalue weighted by molar-refractivity contribution is -0.129. The lowest BCUT2D eigenvalue weighted by Gasteiger charge is -2.14. The van der Waals surface area contributed by atoms with Crippen LogP contribution >= 0.6 is 11.8 Å². The molecule has 0 radical (unpaired) electrons. The zero-order chi connectivity index (χ0) is 16.1. The third kappa shape index (κ3) is 3.64. The van der Waals surface area contributed by atoms with Crippen LogP contribution in [0.25, 0.3) is 5.69 Å². The Hall–Kier alpha value is -2.09. The molecule has 0 aliphatic carbocycles. The molecule has 0 atom stereocenters. The molecular formula is C15H19N5O2S. The maximum Gasteiger partial charge on any atom is 0.223 e. The van der Waals surface area contributed by atoms with Crippen LogP contribution in [0.1, 0.15) is 19.3 Å². The van der Waals surface area contributed by atoms with Crippen LogP contribution < -0.4 is 4.74 Å². The smallest absolute Gasteiger partial charge is 0.223 e. The number of carbonyl (C=O) groups is 1. The number of hydrogen-bond donors (Lipinski definition) is 0. The number of para-hydroxylation sites is 2. The van der Waals surface area contributed by atoms with Crippen LogP contribution in [-0.2, 0) is 4.79 Å². The Balaban J connectivity index is 1.63. The molecule has 0 N–H and O–H groups in total. The third-order valence-corrected chi connectivity index (χ3v) is 4.68. The van der Waals surface area contributed by atoms with Crippen molar-refractivity contribution in [2.45, 2.75) is 24.4 Å². The molecule has 1 aromatic carbocycles. The van der Waals surface area contributed by atoms with Gasteiger partial charge in [0.05, 0.1) is 7.11 Å². The maximum absolute atomic E-state index is 12.1. The summed E-state index contributed by atoms with van der Waals surface area (Å²) in [5, 5.41) is 12.5. The molecule has 2 heterocycles. The number of benzene rings is 1. The van der Waals surface area contributed by atoms with Crippen molar-refractivity contribution in [1.29, 1.82) is 0 Å². The number of thioether (sulfide) groups is 1. The van der Waals surface area contributed by atoms with Crippen molar-refractivity contribution in [3.05, 3.63) is 24.3 Å². The number of likely N-dealkylation sites (tertiary alicyclic amines) is 1. The molecular weight excluding hydrogens is 314 g/mol. The summed E-state index contributed by atoms with van der Waals surface area (Å²) >= 11 is 1.48. The number of tetrazole rings is 1. The Morgan fingerprint density at radius 2 is 2.09 bits per heavy atom. The first-order chi connectivity index (χ1) is 11.3. The predicted octanol–water partition coefficient (Wildman–Crippen LogP) is 1.78. The molecule has 122 valence electrons. The van der Waals surface area contributed by atoms with E-state index < -0.39 is 0 Å². The Morgan fingerprint density at radius 3 is 2.87 bits per heavy atom. The first-order valence-electron chi connectivity index (χ1n) is 7.62. The fourth-order valence-corrected chi connectivity index (χ4v) is 3.39. The Morgan fingerprint density at radius 1 is 1.30 bits per heavy atom. The molecule has 0 saturated carbocycles. The van der Waals surface area contributed by atoms with Crippen molar-refractivity contribution in [1.82, 2.24) is 25.1 Å². The van der Waals surface area contributed by atoms with Gasteiger partial charge in [0.15, 0.2) is 0 Å². The summed E-state index contributed by atoms with van der Waals surface area (Å²) in [6.07, 6.45) is 2.74. The zero-order valence-electron chi connectivity index (χ0n) is 13.0. The van der Waals surface area contributed by atoms with E-state index in [1.54, 1.807) is 11.8 Å². The van der Waals surface area contributed by atoms with Gasteiger partial charge in [-0.15, -0.1) is 5.10 Å². The lowest BCUT2D eigenvalue weighted by Crippen LogP contribution is -2.27. The van der Waals surface area contributed by atoms with Gasteiger partial charge in [0, 0.05) is 25.3 Å². The molecule has 0 unspecified atom stereocenters. The molecule has 1 aromatic heterocycles. The van der Waals surface area contributed by atoms with Gasteiger partial charge < -0.3 is 9.64 Å². The van der Waals surface area contributed by atoms with E-state index >= 15 is 0 Å². The minimum atomic E-state index is 0.214. The highest BCUT2D eigenvalue weighted by molar-refractivity contribution is 7.99. The molecule has 23 heavy (non-hydrogen) atoms. The van der Waals surface area contributed by atoms with Crippen molar-refractivity contribution in [2.75, 3.05) is 26.0 Å². The summed E-state index contributed by atoms with van der Waals surface area (Å²) in [5.74, 6) is 1.58. The van der Waals surface area contributed by atoms with Crippen LogP contribution in [0.15, 0.2) is 29.4 Å². The van der Waals surface area contributed by atoms with Gasteiger partial charge in [-0.3, -0.25) is 4.79 Å². The molecule has 1 aliphatic heterocycles. The standard InChI is InChI=1S/C15H19N5O2S/c1-22-13-7-3-2-6-12(13)20-15(16-17-18-20)23-11-8-14(21)19-9-4-5-10-19/h2-3,6-7H,4-5,8-11H2,1H3. The van der Waals surface area contributed by atoms with Gasteiger partial charge >= 0.3 is 0 Å². The number of amides is 1. The fraction of sp³-hybridized carbons (Fsp3) is 0.467. The summed E-state index contributed by atoms with van der Waals surface area (Å²) in [7, 11) is 1.62. The number of nitrogens with zero attached hydrogens (tertiary/aromatic N) is 5. The van der Waals surface area contributed by atoms with Crippen molar-refractivity contribution in [3.8, 4) is 11.4 Å². The summed E-state index contributed by atoms with van der Waals surface area (Å²) < 4.78 is 6.99. The summed E-state index contributed by atoms with van der Waals surface area (Å²) in [6, 6.07) is 7.57. The Kier molecular flexibility index (Phi) is 5.12. The lowest BCUT2D eigenvalue weighted by atomic mass is 10.3. The molecule has 0 spiro atoms. The largest absolute Gasteiger partial charge is 0.494 e. The van der Waals surface area contributed by atoms with E-state index in [0.717, 1.165) is 31.6 Å².